The van der Waals surface area contributed by atoms with Crippen molar-refractivity contribution >= 4 is 28.3 Å². The number of hydrogen-bond donors (Lipinski definition) is 1. The number of fused-ring (bicyclic) bond motifs is 3. The fourth-order valence-corrected chi connectivity index (χ4v) is 4.40. The van der Waals surface area contributed by atoms with Crippen LogP contribution in [-0.2, 0) is 11.3 Å². The van der Waals surface area contributed by atoms with Gasteiger partial charge in [-0.3, -0.25) is 4.79 Å². The zero-order valence-corrected chi connectivity index (χ0v) is 17.6. The highest BCUT2D eigenvalue weighted by Crippen LogP contribution is 2.29. The fourth-order valence-electron chi connectivity index (χ4n) is 4.40. The predicted molar refractivity (Wildman–Crippen MR) is 122 cm³/mol. The van der Waals surface area contributed by atoms with Gasteiger partial charge in [-0.05, 0) is 54.8 Å². The summed E-state index contributed by atoms with van der Waals surface area (Å²) in [6.07, 6.45) is 3.95. The molecule has 2 aromatic heterocycles. The zero-order valence-electron chi connectivity index (χ0n) is 17.6. The second-order valence-electron chi connectivity index (χ2n) is 8.04. The summed E-state index contributed by atoms with van der Waals surface area (Å²) in [5, 5.41) is 3.11. The van der Waals surface area contributed by atoms with E-state index in [9.17, 15) is 4.79 Å². The number of para-hydroxylation sites is 2. The number of carbonyl (C=O) groups is 1. The van der Waals surface area contributed by atoms with Crippen LogP contribution in [0.3, 0.4) is 0 Å². The number of rotatable bonds is 5. The number of hydrogen-bond acceptors (Lipinski definition) is 4. The first kappa shape index (κ1) is 19.4. The molecule has 158 valence electrons. The Balaban J connectivity index is 1.33. The van der Waals surface area contributed by atoms with E-state index < -0.39 is 0 Å². The van der Waals surface area contributed by atoms with Gasteiger partial charge >= 0.3 is 0 Å². The molecule has 0 bridgehead atoms. The molecule has 1 atom stereocenters. The van der Waals surface area contributed by atoms with Gasteiger partial charge in [-0.2, -0.15) is 0 Å². The SMILES string of the molecule is COc1ccc(CNC(=O)[C@@H]2CCCN(c3nc4ccccc4n4cccc34)C2)cc1. The first-order valence-electron chi connectivity index (χ1n) is 10.7. The van der Waals surface area contributed by atoms with Crippen molar-refractivity contribution in [3.63, 3.8) is 0 Å². The van der Waals surface area contributed by atoms with E-state index in [1.165, 1.54) is 0 Å². The molecule has 5 rings (SSSR count). The summed E-state index contributed by atoms with van der Waals surface area (Å²) < 4.78 is 7.38. The first-order chi connectivity index (χ1) is 15.2. The van der Waals surface area contributed by atoms with Crippen LogP contribution in [0.15, 0.2) is 66.9 Å². The maximum atomic E-state index is 12.9. The third-order valence-electron chi connectivity index (χ3n) is 6.06. The third kappa shape index (κ3) is 3.81. The molecule has 6 nitrogen and oxygen atoms in total. The van der Waals surface area contributed by atoms with Crippen molar-refractivity contribution in [2.24, 2.45) is 5.92 Å². The van der Waals surface area contributed by atoms with Gasteiger partial charge in [-0.1, -0.05) is 24.3 Å². The van der Waals surface area contributed by atoms with Gasteiger partial charge < -0.3 is 19.4 Å². The largest absolute Gasteiger partial charge is 0.497 e. The van der Waals surface area contributed by atoms with E-state index in [0.717, 1.165) is 53.1 Å². The minimum atomic E-state index is -0.0460. The first-order valence-corrected chi connectivity index (χ1v) is 10.7. The van der Waals surface area contributed by atoms with Crippen molar-refractivity contribution in [1.29, 1.82) is 0 Å². The van der Waals surface area contributed by atoms with E-state index in [4.69, 9.17) is 9.72 Å². The number of piperidine rings is 1. The maximum Gasteiger partial charge on any atom is 0.225 e. The van der Waals surface area contributed by atoms with E-state index in [0.29, 0.717) is 13.1 Å². The molecule has 1 N–H and O–H groups in total. The number of aromatic nitrogens is 2. The van der Waals surface area contributed by atoms with E-state index >= 15 is 0 Å². The van der Waals surface area contributed by atoms with Crippen LogP contribution in [0.4, 0.5) is 5.82 Å². The molecule has 1 aliphatic rings. The predicted octanol–water partition coefficient (Wildman–Crippen LogP) is 4.03. The van der Waals surface area contributed by atoms with Gasteiger partial charge in [0.25, 0.3) is 0 Å². The Morgan fingerprint density at radius 3 is 2.74 bits per heavy atom. The molecule has 6 heteroatoms. The topological polar surface area (TPSA) is 58.9 Å². The Bertz CT molecular complexity index is 1220. The third-order valence-corrected chi connectivity index (χ3v) is 6.06. The number of ether oxygens (including phenoxy) is 1. The number of methoxy groups -OCH3 is 1. The van der Waals surface area contributed by atoms with Gasteiger partial charge in [0.1, 0.15) is 5.75 Å². The highest BCUT2D eigenvalue weighted by Gasteiger charge is 2.27. The molecule has 0 saturated carbocycles. The quantitative estimate of drug-likeness (QED) is 0.536. The van der Waals surface area contributed by atoms with E-state index in [1.54, 1.807) is 7.11 Å². The lowest BCUT2D eigenvalue weighted by atomic mass is 9.97. The smallest absolute Gasteiger partial charge is 0.225 e. The molecule has 4 aromatic rings. The van der Waals surface area contributed by atoms with Crippen molar-refractivity contribution in [3.8, 4) is 5.75 Å². The Hall–Kier alpha value is -3.54. The normalized spacial score (nSPS) is 16.5. The highest BCUT2D eigenvalue weighted by molar-refractivity contribution is 5.86. The molecule has 1 fully saturated rings. The number of benzene rings is 2. The summed E-state index contributed by atoms with van der Waals surface area (Å²) in [6, 6.07) is 20.1. The second kappa shape index (κ2) is 8.30. The lowest BCUT2D eigenvalue weighted by molar-refractivity contribution is -0.125. The molecule has 3 heterocycles. The number of amides is 1. The van der Waals surface area contributed by atoms with Crippen LogP contribution >= 0.6 is 0 Å². The number of nitrogens with zero attached hydrogens (tertiary/aromatic N) is 3. The standard InChI is InChI=1S/C25H26N4O2/c1-31-20-12-10-18(11-13-20)16-26-25(30)19-6-4-14-28(17-19)24-23-9-5-15-29(23)22-8-3-2-7-21(22)27-24/h2-3,5,7-13,15,19H,4,6,14,16-17H2,1H3,(H,26,30)/t19-/m1/s1. The molecule has 1 saturated heterocycles. The van der Waals surface area contributed by atoms with Gasteiger partial charge in [0.2, 0.25) is 5.91 Å². The Morgan fingerprint density at radius 2 is 1.90 bits per heavy atom. The van der Waals surface area contributed by atoms with Gasteiger partial charge in [-0.25, -0.2) is 4.98 Å². The monoisotopic (exact) mass is 414 g/mol. The van der Waals surface area contributed by atoms with E-state index in [1.807, 2.05) is 42.5 Å². The molecule has 0 aliphatic carbocycles. The van der Waals surface area contributed by atoms with Crippen molar-refractivity contribution in [3.05, 3.63) is 72.4 Å². The van der Waals surface area contributed by atoms with Gasteiger partial charge in [-0.15, -0.1) is 0 Å². The summed E-state index contributed by atoms with van der Waals surface area (Å²) in [4.78, 5) is 20.1. The number of carbonyl (C=O) groups excluding carboxylic acids is 1. The summed E-state index contributed by atoms with van der Waals surface area (Å²) in [5.41, 5.74) is 4.20. The molecular weight excluding hydrogens is 388 g/mol. The van der Waals surface area contributed by atoms with Crippen LogP contribution < -0.4 is 15.0 Å². The van der Waals surface area contributed by atoms with Crippen LogP contribution in [-0.4, -0.2) is 35.5 Å². The summed E-state index contributed by atoms with van der Waals surface area (Å²) >= 11 is 0. The maximum absolute atomic E-state index is 12.9. The average molecular weight is 415 g/mol. The van der Waals surface area contributed by atoms with Gasteiger partial charge in [0.05, 0.1) is 29.6 Å². The fraction of sp³-hybridized carbons (Fsp3) is 0.280. The molecule has 2 aromatic carbocycles. The van der Waals surface area contributed by atoms with Crippen molar-refractivity contribution in [2.45, 2.75) is 19.4 Å². The number of anilines is 1. The molecular formula is C25H26N4O2. The molecule has 0 radical (unpaired) electrons. The van der Waals surface area contributed by atoms with Crippen molar-refractivity contribution in [1.82, 2.24) is 14.7 Å². The van der Waals surface area contributed by atoms with Crippen molar-refractivity contribution < 1.29 is 9.53 Å². The van der Waals surface area contributed by atoms with Gasteiger partial charge in [0.15, 0.2) is 5.82 Å². The van der Waals surface area contributed by atoms with Crippen LogP contribution in [0.25, 0.3) is 16.6 Å². The van der Waals surface area contributed by atoms with Crippen LogP contribution in [0.5, 0.6) is 5.75 Å². The van der Waals surface area contributed by atoms with Crippen LogP contribution in [0.1, 0.15) is 18.4 Å². The number of nitrogens with one attached hydrogen (secondary N) is 1. The lowest BCUT2D eigenvalue weighted by Crippen LogP contribution is -2.43. The Labute approximate surface area is 181 Å². The van der Waals surface area contributed by atoms with Crippen LogP contribution in [0, 0.1) is 5.92 Å². The molecule has 0 unspecified atom stereocenters. The summed E-state index contributed by atoms with van der Waals surface area (Å²) in [6.45, 7) is 2.12. The van der Waals surface area contributed by atoms with E-state index in [2.05, 4.69) is 39.0 Å². The van der Waals surface area contributed by atoms with E-state index in [-0.39, 0.29) is 11.8 Å². The molecule has 1 aliphatic heterocycles. The Kier molecular flexibility index (Phi) is 5.20. The van der Waals surface area contributed by atoms with Gasteiger partial charge in [0, 0.05) is 25.8 Å². The van der Waals surface area contributed by atoms with Crippen LogP contribution in [0.2, 0.25) is 0 Å². The summed E-state index contributed by atoms with van der Waals surface area (Å²) in [7, 11) is 1.65. The molecule has 0 spiro atoms. The minimum absolute atomic E-state index is 0.0460. The lowest BCUT2D eigenvalue weighted by Gasteiger charge is -2.33. The second-order valence-corrected chi connectivity index (χ2v) is 8.04. The minimum Gasteiger partial charge on any atom is -0.497 e. The highest BCUT2D eigenvalue weighted by atomic mass is 16.5. The molecule has 31 heavy (non-hydrogen) atoms. The zero-order chi connectivity index (χ0) is 21.2. The van der Waals surface area contributed by atoms with Crippen molar-refractivity contribution in [2.75, 3.05) is 25.1 Å². The molecule has 1 amide bonds. The average Bonchev–Trinajstić information content (AvgIpc) is 3.33. The Morgan fingerprint density at radius 1 is 1.10 bits per heavy atom. The summed E-state index contributed by atoms with van der Waals surface area (Å²) in [5.74, 6) is 1.83.